The van der Waals surface area contributed by atoms with Gasteiger partial charge in [0.15, 0.2) is 0 Å². The van der Waals surface area contributed by atoms with E-state index in [-0.39, 0.29) is 5.82 Å². The Balaban J connectivity index is 2.53. The number of halogens is 1. The van der Waals surface area contributed by atoms with E-state index in [9.17, 15) is 4.39 Å². The minimum atomic E-state index is -0.302. The summed E-state index contributed by atoms with van der Waals surface area (Å²) >= 11 is 1.27. The average Bonchev–Trinajstić information content (AvgIpc) is 2.56. The van der Waals surface area contributed by atoms with Crippen molar-refractivity contribution in [3.63, 3.8) is 0 Å². The van der Waals surface area contributed by atoms with Crippen LogP contribution in [-0.2, 0) is 0 Å². The minimum absolute atomic E-state index is 0.302. The van der Waals surface area contributed by atoms with Crippen LogP contribution in [0.3, 0.4) is 0 Å². The van der Waals surface area contributed by atoms with E-state index in [1.165, 1.54) is 17.6 Å². The second-order valence-electron chi connectivity index (χ2n) is 2.62. The molecule has 0 fully saturated rings. The van der Waals surface area contributed by atoms with Crippen LogP contribution in [0.4, 0.5) is 10.1 Å². The van der Waals surface area contributed by atoms with Crippen molar-refractivity contribution >= 4 is 17.2 Å². The molecule has 1 aromatic heterocycles. The molecule has 0 atom stereocenters. The number of aromatic nitrogens is 1. The van der Waals surface area contributed by atoms with Crippen molar-refractivity contribution in [2.45, 2.75) is 0 Å². The van der Waals surface area contributed by atoms with Gasteiger partial charge in [0.25, 0.3) is 0 Å². The molecule has 13 heavy (non-hydrogen) atoms. The lowest BCUT2D eigenvalue weighted by Crippen LogP contribution is -1.87. The van der Waals surface area contributed by atoms with Crippen LogP contribution in [0.25, 0.3) is 10.4 Å². The van der Waals surface area contributed by atoms with Gasteiger partial charge in [-0.15, -0.1) is 0 Å². The van der Waals surface area contributed by atoms with Crippen LogP contribution in [0.5, 0.6) is 0 Å². The lowest BCUT2D eigenvalue weighted by Gasteiger charge is -1.99. The largest absolute Gasteiger partial charge is 0.399 e. The first-order valence-corrected chi connectivity index (χ1v) is 4.51. The van der Waals surface area contributed by atoms with E-state index in [2.05, 4.69) is 4.37 Å². The molecule has 0 unspecified atom stereocenters. The molecule has 1 heterocycles. The van der Waals surface area contributed by atoms with Crippen LogP contribution < -0.4 is 5.73 Å². The quantitative estimate of drug-likeness (QED) is 0.708. The van der Waals surface area contributed by atoms with Gasteiger partial charge < -0.3 is 5.73 Å². The second kappa shape index (κ2) is 3.14. The highest BCUT2D eigenvalue weighted by molar-refractivity contribution is 7.09. The van der Waals surface area contributed by atoms with Gasteiger partial charge in [-0.2, -0.15) is 0 Å². The van der Waals surface area contributed by atoms with Crippen LogP contribution >= 0.6 is 11.5 Å². The van der Waals surface area contributed by atoms with E-state index in [1.807, 2.05) is 0 Å². The maximum Gasteiger partial charge on any atom is 0.133 e. The predicted molar refractivity (Wildman–Crippen MR) is 51.9 cm³/mol. The fraction of sp³-hybridized carbons (Fsp3) is 0. The number of nitrogens with two attached hydrogens (primary N) is 1. The van der Waals surface area contributed by atoms with Crippen molar-refractivity contribution in [1.82, 2.24) is 4.37 Å². The summed E-state index contributed by atoms with van der Waals surface area (Å²) in [7, 11) is 0. The fourth-order valence-corrected chi connectivity index (χ4v) is 1.71. The molecule has 2 nitrogen and oxygen atoms in total. The van der Waals surface area contributed by atoms with Gasteiger partial charge in [0.2, 0.25) is 0 Å². The molecule has 2 N–H and O–H groups in total. The van der Waals surface area contributed by atoms with E-state index >= 15 is 0 Å². The summed E-state index contributed by atoms with van der Waals surface area (Å²) in [5.41, 5.74) is 6.42. The Bertz CT molecular complexity index is 412. The molecular weight excluding hydrogens is 187 g/mol. The molecule has 2 rings (SSSR count). The van der Waals surface area contributed by atoms with Gasteiger partial charge in [0.1, 0.15) is 5.82 Å². The summed E-state index contributed by atoms with van der Waals surface area (Å²) in [6.45, 7) is 0. The van der Waals surface area contributed by atoms with Crippen molar-refractivity contribution in [2.75, 3.05) is 5.73 Å². The van der Waals surface area contributed by atoms with Crippen molar-refractivity contribution in [3.05, 3.63) is 36.3 Å². The summed E-state index contributed by atoms with van der Waals surface area (Å²) < 4.78 is 17.2. The number of nitrogen functional groups attached to an aromatic ring is 1. The number of rotatable bonds is 1. The Morgan fingerprint density at radius 2 is 2.15 bits per heavy atom. The van der Waals surface area contributed by atoms with Gasteiger partial charge in [-0.1, -0.05) is 0 Å². The maximum atomic E-state index is 13.3. The summed E-state index contributed by atoms with van der Waals surface area (Å²) in [6.07, 6.45) is 1.65. The number of hydrogen-bond acceptors (Lipinski definition) is 3. The summed E-state index contributed by atoms with van der Waals surface area (Å²) in [5, 5.41) is 0. The average molecular weight is 194 g/mol. The molecule has 0 radical (unpaired) electrons. The highest BCUT2D eigenvalue weighted by Gasteiger charge is 2.05. The Morgan fingerprint density at radius 3 is 2.77 bits per heavy atom. The van der Waals surface area contributed by atoms with Gasteiger partial charge >= 0.3 is 0 Å². The van der Waals surface area contributed by atoms with E-state index < -0.39 is 0 Å². The monoisotopic (exact) mass is 194 g/mol. The smallest absolute Gasteiger partial charge is 0.133 e. The van der Waals surface area contributed by atoms with Gasteiger partial charge in [-0.25, -0.2) is 8.76 Å². The zero-order chi connectivity index (χ0) is 9.26. The Morgan fingerprint density at radius 1 is 1.31 bits per heavy atom. The third-order valence-electron chi connectivity index (χ3n) is 1.70. The van der Waals surface area contributed by atoms with E-state index in [0.29, 0.717) is 11.3 Å². The number of benzene rings is 1. The molecule has 0 aliphatic rings. The lowest BCUT2D eigenvalue weighted by molar-refractivity contribution is 0.632. The third-order valence-corrected chi connectivity index (χ3v) is 2.48. The molecule has 0 aliphatic carbocycles. The molecule has 0 saturated heterocycles. The molecule has 0 amide bonds. The molecule has 0 spiro atoms. The highest BCUT2D eigenvalue weighted by Crippen LogP contribution is 2.26. The van der Waals surface area contributed by atoms with Crippen LogP contribution in [0.2, 0.25) is 0 Å². The Kier molecular flexibility index (Phi) is 1.98. The van der Waals surface area contributed by atoms with Gasteiger partial charge in [0.05, 0.1) is 4.88 Å². The standard InChI is InChI=1S/C9H7FN2S/c10-8-5-6(11)1-2-7(8)9-3-4-12-13-9/h1-5H,11H2. The predicted octanol–water partition coefficient (Wildman–Crippen LogP) is 2.53. The topological polar surface area (TPSA) is 38.9 Å². The van der Waals surface area contributed by atoms with E-state index in [0.717, 1.165) is 4.88 Å². The van der Waals surface area contributed by atoms with Crippen LogP contribution in [0, 0.1) is 5.82 Å². The Labute approximate surface area is 79.0 Å². The maximum absolute atomic E-state index is 13.3. The summed E-state index contributed by atoms with van der Waals surface area (Å²) in [5.74, 6) is -0.302. The fourth-order valence-electron chi connectivity index (χ4n) is 1.09. The van der Waals surface area contributed by atoms with Crippen molar-refractivity contribution < 1.29 is 4.39 Å². The summed E-state index contributed by atoms with van der Waals surface area (Å²) in [4.78, 5) is 0.817. The van der Waals surface area contributed by atoms with Crippen molar-refractivity contribution in [1.29, 1.82) is 0 Å². The first-order chi connectivity index (χ1) is 6.27. The number of hydrogen-bond donors (Lipinski definition) is 1. The second-order valence-corrected chi connectivity index (χ2v) is 3.45. The first-order valence-electron chi connectivity index (χ1n) is 3.73. The molecule has 1 aromatic carbocycles. The molecule has 2 aromatic rings. The van der Waals surface area contributed by atoms with Crippen molar-refractivity contribution in [2.24, 2.45) is 0 Å². The molecular formula is C9H7FN2S. The van der Waals surface area contributed by atoms with E-state index in [1.54, 1.807) is 24.4 Å². The SMILES string of the molecule is Nc1ccc(-c2ccns2)c(F)c1. The number of nitrogens with zero attached hydrogens (tertiary/aromatic N) is 1. The number of anilines is 1. The first kappa shape index (κ1) is 8.19. The summed E-state index contributed by atoms with van der Waals surface area (Å²) in [6, 6.07) is 6.44. The van der Waals surface area contributed by atoms with Crippen LogP contribution in [0.15, 0.2) is 30.5 Å². The Hall–Kier alpha value is -1.42. The molecule has 4 heteroatoms. The van der Waals surface area contributed by atoms with Gasteiger partial charge in [-0.3, -0.25) is 0 Å². The third kappa shape index (κ3) is 1.53. The normalized spacial score (nSPS) is 10.2. The van der Waals surface area contributed by atoms with Crippen LogP contribution in [0.1, 0.15) is 0 Å². The van der Waals surface area contributed by atoms with Gasteiger partial charge in [-0.05, 0) is 35.8 Å². The van der Waals surface area contributed by atoms with Crippen molar-refractivity contribution in [3.8, 4) is 10.4 Å². The van der Waals surface area contributed by atoms with E-state index in [4.69, 9.17) is 5.73 Å². The highest BCUT2D eigenvalue weighted by atomic mass is 32.1. The molecule has 0 saturated carbocycles. The van der Waals surface area contributed by atoms with Gasteiger partial charge in [0, 0.05) is 17.4 Å². The molecule has 0 aliphatic heterocycles. The molecule has 66 valence electrons. The zero-order valence-corrected chi connectivity index (χ0v) is 7.51. The zero-order valence-electron chi connectivity index (χ0n) is 6.70. The minimum Gasteiger partial charge on any atom is -0.399 e. The molecule has 0 bridgehead atoms. The lowest BCUT2D eigenvalue weighted by atomic mass is 10.1. The van der Waals surface area contributed by atoms with Crippen LogP contribution in [-0.4, -0.2) is 4.37 Å².